The van der Waals surface area contributed by atoms with Crippen molar-refractivity contribution in [2.24, 2.45) is 5.73 Å². The summed E-state index contributed by atoms with van der Waals surface area (Å²) in [6, 6.07) is 16.9. The predicted molar refractivity (Wildman–Crippen MR) is 140 cm³/mol. The zero-order chi connectivity index (χ0) is 24.6. The van der Waals surface area contributed by atoms with Crippen molar-refractivity contribution in [3.8, 4) is 6.07 Å². The van der Waals surface area contributed by atoms with Crippen molar-refractivity contribution in [3.63, 3.8) is 0 Å². The SMILES string of the molecule is CC(C)OC(=O)C1=c2sc(=Cc3ccc(Br)cc3)c(=O)n2C(N)=C(C#N)[C@H]1c1ccc(Br)cc1. The first kappa shape index (κ1) is 24.2. The number of nitriles is 1. The average molecular weight is 601 g/mol. The Morgan fingerprint density at radius 2 is 1.74 bits per heavy atom. The van der Waals surface area contributed by atoms with E-state index in [0.717, 1.165) is 25.8 Å². The molecule has 4 rings (SSSR count). The first-order chi connectivity index (χ1) is 16.2. The van der Waals surface area contributed by atoms with Crippen LogP contribution in [0.2, 0.25) is 0 Å². The van der Waals surface area contributed by atoms with Gasteiger partial charge in [-0.05, 0) is 55.3 Å². The van der Waals surface area contributed by atoms with Gasteiger partial charge in [-0.1, -0.05) is 56.1 Å². The van der Waals surface area contributed by atoms with Crippen LogP contribution in [0.15, 0.2) is 67.8 Å². The Morgan fingerprint density at radius 1 is 1.15 bits per heavy atom. The van der Waals surface area contributed by atoms with Crippen molar-refractivity contribution < 1.29 is 9.53 Å². The van der Waals surface area contributed by atoms with Crippen LogP contribution in [0.1, 0.15) is 30.9 Å². The minimum absolute atomic E-state index is 0.0169. The summed E-state index contributed by atoms with van der Waals surface area (Å²) in [5, 5.41) is 10.0. The number of nitrogens with zero attached hydrogens (tertiary/aromatic N) is 2. The van der Waals surface area contributed by atoms with E-state index >= 15 is 0 Å². The maximum absolute atomic E-state index is 13.4. The van der Waals surface area contributed by atoms with Crippen molar-refractivity contribution in [2.45, 2.75) is 25.9 Å². The Balaban J connectivity index is 2.08. The number of nitrogens with two attached hydrogens (primary N) is 1. The topological polar surface area (TPSA) is 98.1 Å². The summed E-state index contributed by atoms with van der Waals surface area (Å²) >= 11 is 7.97. The summed E-state index contributed by atoms with van der Waals surface area (Å²) in [5.41, 5.74) is 7.85. The molecule has 0 saturated carbocycles. The molecule has 1 aromatic heterocycles. The highest BCUT2D eigenvalue weighted by molar-refractivity contribution is 9.10. The van der Waals surface area contributed by atoms with E-state index in [4.69, 9.17) is 10.5 Å². The number of thiazole rings is 1. The molecule has 6 nitrogen and oxygen atoms in total. The van der Waals surface area contributed by atoms with Crippen LogP contribution in [0.5, 0.6) is 0 Å². The summed E-state index contributed by atoms with van der Waals surface area (Å²) in [5.74, 6) is -1.33. The maximum Gasteiger partial charge on any atom is 0.338 e. The number of hydrogen-bond acceptors (Lipinski definition) is 6. The second kappa shape index (κ2) is 9.74. The van der Waals surface area contributed by atoms with Gasteiger partial charge in [-0.25, -0.2) is 4.79 Å². The molecule has 0 aliphatic carbocycles. The fourth-order valence-electron chi connectivity index (χ4n) is 3.72. The number of carbonyl (C=O) groups is 1. The monoisotopic (exact) mass is 599 g/mol. The van der Waals surface area contributed by atoms with Gasteiger partial charge in [-0.3, -0.25) is 9.36 Å². The minimum atomic E-state index is -0.761. The van der Waals surface area contributed by atoms with Crippen LogP contribution in [0, 0.1) is 11.3 Å². The highest BCUT2D eigenvalue weighted by Crippen LogP contribution is 2.37. The predicted octanol–water partition coefficient (Wildman–Crippen LogP) is 3.81. The second-order valence-electron chi connectivity index (χ2n) is 7.87. The van der Waals surface area contributed by atoms with E-state index in [2.05, 4.69) is 37.9 Å². The molecule has 0 fully saturated rings. The molecule has 1 atom stereocenters. The number of aromatic nitrogens is 1. The van der Waals surface area contributed by atoms with Crippen molar-refractivity contribution in [1.82, 2.24) is 4.57 Å². The molecule has 9 heteroatoms. The quantitative estimate of drug-likeness (QED) is 0.459. The van der Waals surface area contributed by atoms with Gasteiger partial charge in [0.05, 0.1) is 33.8 Å². The Hall–Kier alpha value is -2.93. The van der Waals surface area contributed by atoms with Crippen LogP contribution in [0.4, 0.5) is 0 Å². The Kier molecular flexibility index (Phi) is 6.94. The van der Waals surface area contributed by atoms with Crippen LogP contribution in [0.3, 0.4) is 0 Å². The number of rotatable bonds is 4. The summed E-state index contributed by atoms with van der Waals surface area (Å²) in [7, 11) is 0. The lowest BCUT2D eigenvalue weighted by Crippen LogP contribution is -2.40. The number of carbonyl (C=O) groups excluding carboxylic acids is 1. The molecule has 2 N–H and O–H groups in total. The van der Waals surface area contributed by atoms with E-state index in [1.54, 1.807) is 19.9 Å². The number of halogens is 2. The highest BCUT2D eigenvalue weighted by Gasteiger charge is 2.36. The number of fused-ring (bicyclic) bond motifs is 1. The molecule has 0 bridgehead atoms. The molecule has 1 aliphatic heterocycles. The number of hydrogen-bond donors (Lipinski definition) is 1. The molecule has 2 aromatic carbocycles. The standard InChI is InChI=1S/C25H19Br2N3O3S/c1-13(2)33-25(32)21-20(15-5-9-17(27)10-6-15)18(12-28)22(29)30-23(31)19(34-24(21)30)11-14-3-7-16(26)8-4-14/h3-11,13,20H,29H2,1-2H3/t20-/m1/s1. The molecule has 0 unspecified atom stereocenters. The van der Waals surface area contributed by atoms with Gasteiger partial charge in [0, 0.05) is 8.95 Å². The number of ether oxygens (including phenoxy) is 1. The molecular weight excluding hydrogens is 582 g/mol. The Bertz CT molecular complexity index is 1530. The molecule has 2 heterocycles. The van der Waals surface area contributed by atoms with Crippen LogP contribution in [-0.4, -0.2) is 16.6 Å². The fraction of sp³-hybridized carbons (Fsp3) is 0.160. The zero-order valence-electron chi connectivity index (χ0n) is 18.2. The summed E-state index contributed by atoms with van der Waals surface area (Å²) < 4.78 is 9.33. The Morgan fingerprint density at radius 3 is 2.29 bits per heavy atom. The third-order valence-electron chi connectivity index (χ3n) is 5.20. The lowest BCUT2D eigenvalue weighted by atomic mass is 9.84. The number of esters is 1. The molecular formula is C25H19Br2N3O3S. The largest absolute Gasteiger partial charge is 0.460 e. The van der Waals surface area contributed by atoms with E-state index in [9.17, 15) is 14.9 Å². The first-order valence-electron chi connectivity index (χ1n) is 10.3. The molecule has 34 heavy (non-hydrogen) atoms. The lowest BCUT2D eigenvalue weighted by molar-refractivity contribution is -0.140. The summed E-state index contributed by atoms with van der Waals surface area (Å²) in [6.45, 7) is 3.50. The van der Waals surface area contributed by atoms with Gasteiger partial charge in [0.15, 0.2) is 0 Å². The second-order valence-corrected chi connectivity index (χ2v) is 10.7. The maximum atomic E-state index is 13.4. The van der Waals surface area contributed by atoms with Crippen LogP contribution in [0.25, 0.3) is 17.5 Å². The summed E-state index contributed by atoms with van der Waals surface area (Å²) in [6.07, 6.45) is 1.36. The molecule has 0 spiro atoms. The third kappa shape index (κ3) is 4.53. The van der Waals surface area contributed by atoms with E-state index in [1.165, 1.54) is 4.57 Å². The fourth-order valence-corrected chi connectivity index (χ4v) is 5.42. The van der Waals surface area contributed by atoms with Crippen LogP contribution in [-0.2, 0) is 9.53 Å². The minimum Gasteiger partial charge on any atom is -0.460 e. The van der Waals surface area contributed by atoms with Gasteiger partial charge in [0.1, 0.15) is 10.5 Å². The molecule has 0 saturated heterocycles. The van der Waals surface area contributed by atoms with Crippen molar-refractivity contribution >= 4 is 66.6 Å². The van der Waals surface area contributed by atoms with Crippen molar-refractivity contribution in [3.05, 3.63) is 93.7 Å². The van der Waals surface area contributed by atoms with Crippen molar-refractivity contribution in [1.29, 1.82) is 5.26 Å². The molecule has 0 amide bonds. The number of allylic oxidation sites excluding steroid dienone is 1. The van der Waals surface area contributed by atoms with Gasteiger partial charge < -0.3 is 10.5 Å². The molecule has 0 radical (unpaired) electrons. The van der Waals surface area contributed by atoms with Crippen LogP contribution < -0.4 is 20.5 Å². The van der Waals surface area contributed by atoms with E-state index in [1.807, 2.05) is 48.5 Å². The first-order valence-corrected chi connectivity index (χ1v) is 12.7. The van der Waals surface area contributed by atoms with Crippen molar-refractivity contribution in [2.75, 3.05) is 0 Å². The molecule has 3 aromatic rings. The van der Waals surface area contributed by atoms with Gasteiger partial charge >= 0.3 is 5.97 Å². The lowest BCUT2D eigenvalue weighted by Gasteiger charge is -2.25. The van der Waals surface area contributed by atoms with E-state index in [-0.39, 0.29) is 23.1 Å². The average Bonchev–Trinajstić information content (AvgIpc) is 3.11. The molecule has 172 valence electrons. The van der Waals surface area contributed by atoms with E-state index < -0.39 is 17.4 Å². The highest BCUT2D eigenvalue weighted by atomic mass is 79.9. The normalized spacial score (nSPS) is 15.9. The van der Waals surface area contributed by atoms with Crippen LogP contribution >= 0.6 is 43.2 Å². The number of benzene rings is 2. The van der Waals surface area contributed by atoms with Gasteiger partial charge in [0.25, 0.3) is 5.56 Å². The summed E-state index contributed by atoms with van der Waals surface area (Å²) in [4.78, 5) is 26.7. The van der Waals surface area contributed by atoms with Gasteiger partial charge in [-0.15, -0.1) is 11.3 Å². The Labute approximate surface area is 216 Å². The van der Waals surface area contributed by atoms with Gasteiger partial charge in [-0.2, -0.15) is 5.26 Å². The van der Waals surface area contributed by atoms with Gasteiger partial charge in [0.2, 0.25) is 0 Å². The molecule has 1 aliphatic rings. The smallest absolute Gasteiger partial charge is 0.338 e. The van der Waals surface area contributed by atoms with E-state index in [0.29, 0.717) is 14.8 Å². The third-order valence-corrected chi connectivity index (χ3v) is 7.37. The zero-order valence-corrected chi connectivity index (χ0v) is 22.2.